The monoisotopic (exact) mass is 417 g/mol. The van der Waals surface area contributed by atoms with Gasteiger partial charge in [0.1, 0.15) is 5.60 Å². The highest BCUT2D eigenvalue weighted by atomic mass is 32.2. The molecule has 1 aliphatic heterocycles. The molecule has 1 heterocycles. The Morgan fingerprint density at radius 1 is 1.34 bits per heavy atom. The van der Waals surface area contributed by atoms with Gasteiger partial charge in [0.15, 0.2) is 0 Å². The van der Waals surface area contributed by atoms with Crippen LogP contribution in [-0.2, 0) is 15.3 Å². The molecule has 158 valence electrons. The Labute approximate surface area is 178 Å². The van der Waals surface area contributed by atoms with Crippen LogP contribution in [0, 0.1) is 11.3 Å². The molecule has 0 radical (unpaired) electrons. The highest BCUT2D eigenvalue weighted by Gasteiger charge is 2.32. The third-order valence-corrected chi connectivity index (χ3v) is 5.68. The van der Waals surface area contributed by atoms with E-state index in [-0.39, 0.29) is 18.0 Å². The van der Waals surface area contributed by atoms with Crippen LogP contribution >= 0.6 is 11.8 Å². The summed E-state index contributed by atoms with van der Waals surface area (Å²) in [5.41, 5.74) is 1.22. The molecule has 0 saturated carbocycles. The Bertz CT molecular complexity index is 740. The molecule has 1 aromatic carbocycles. The molecule has 2 rings (SSSR count). The number of ether oxygens (including phenoxy) is 1. The zero-order valence-corrected chi connectivity index (χ0v) is 18.4. The number of nitriles is 1. The van der Waals surface area contributed by atoms with Crippen molar-refractivity contribution >= 4 is 23.8 Å². The summed E-state index contributed by atoms with van der Waals surface area (Å²) in [5.74, 6) is 1.56. The largest absolute Gasteiger partial charge is 0.444 e. The minimum Gasteiger partial charge on any atom is -0.444 e. The Morgan fingerprint density at radius 3 is 2.83 bits per heavy atom. The molecule has 0 bridgehead atoms. The van der Waals surface area contributed by atoms with Crippen molar-refractivity contribution in [2.24, 2.45) is 0 Å². The fourth-order valence-corrected chi connectivity index (χ4v) is 4.15. The molecule has 0 aromatic heterocycles. The number of nitrogens with one attached hydrogen (secondary N) is 1. The highest BCUT2D eigenvalue weighted by Crippen LogP contribution is 2.24. The summed E-state index contributed by atoms with van der Waals surface area (Å²) in [7, 11) is 0. The fraction of sp³-hybridized carbons (Fsp3) is 0.591. The second-order valence-electron chi connectivity index (χ2n) is 8.18. The molecule has 1 unspecified atom stereocenters. The van der Waals surface area contributed by atoms with E-state index in [0.717, 1.165) is 29.9 Å². The van der Waals surface area contributed by atoms with Crippen molar-refractivity contribution in [2.45, 2.75) is 63.9 Å². The SMILES string of the molecule is CC(C)(C)OC(=O)N1CCCC1CCC(=O)NCCSCc1ccccc1C#N. The van der Waals surface area contributed by atoms with E-state index < -0.39 is 5.60 Å². The number of carbonyl (C=O) groups is 2. The van der Waals surface area contributed by atoms with Gasteiger partial charge in [0, 0.05) is 37.1 Å². The molecule has 1 fully saturated rings. The summed E-state index contributed by atoms with van der Waals surface area (Å²) < 4.78 is 5.47. The lowest BCUT2D eigenvalue weighted by atomic mass is 10.1. The number of rotatable bonds is 8. The smallest absolute Gasteiger partial charge is 0.410 e. The highest BCUT2D eigenvalue weighted by molar-refractivity contribution is 7.98. The van der Waals surface area contributed by atoms with Gasteiger partial charge >= 0.3 is 6.09 Å². The molecule has 2 amide bonds. The third kappa shape index (κ3) is 7.98. The molecule has 7 heteroatoms. The quantitative estimate of drug-likeness (QED) is 0.644. The maximum Gasteiger partial charge on any atom is 0.410 e. The minimum atomic E-state index is -0.507. The third-order valence-electron chi connectivity index (χ3n) is 4.67. The maximum absolute atomic E-state index is 12.3. The summed E-state index contributed by atoms with van der Waals surface area (Å²) in [5, 5.41) is 12.0. The van der Waals surface area contributed by atoms with E-state index in [0.29, 0.717) is 31.5 Å². The van der Waals surface area contributed by atoms with Crippen molar-refractivity contribution in [3.63, 3.8) is 0 Å². The van der Waals surface area contributed by atoms with Gasteiger partial charge < -0.3 is 15.0 Å². The van der Waals surface area contributed by atoms with Gasteiger partial charge in [0.05, 0.1) is 11.6 Å². The van der Waals surface area contributed by atoms with Gasteiger partial charge in [-0.15, -0.1) is 0 Å². The second kappa shape index (κ2) is 11.1. The first-order valence-electron chi connectivity index (χ1n) is 10.1. The van der Waals surface area contributed by atoms with Crippen LogP contribution in [0.25, 0.3) is 0 Å². The van der Waals surface area contributed by atoms with Gasteiger partial charge in [-0.05, 0) is 51.7 Å². The van der Waals surface area contributed by atoms with E-state index in [9.17, 15) is 9.59 Å². The Hall–Kier alpha value is -2.20. The number of benzene rings is 1. The van der Waals surface area contributed by atoms with Crippen LogP contribution in [0.15, 0.2) is 24.3 Å². The molecule has 1 atom stereocenters. The van der Waals surface area contributed by atoms with Gasteiger partial charge in [-0.2, -0.15) is 17.0 Å². The van der Waals surface area contributed by atoms with Crippen LogP contribution < -0.4 is 5.32 Å². The standard InChI is InChI=1S/C22H31N3O3S/c1-22(2,3)28-21(27)25-13-6-9-19(25)10-11-20(26)24-12-14-29-16-18-8-5-4-7-17(18)15-23/h4-5,7-8,19H,6,9-14,16H2,1-3H3,(H,24,26). The van der Waals surface area contributed by atoms with E-state index in [1.54, 1.807) is 16.7 Å². The number of amides is 2. The average molecular weight is 418 g/mol. The van der Waals surface area contributed by atoms with Crippen molar-refractivity contribution in [3.8, 4) is 6.07 Å². The fourth-order valence-electron chi connectivity index (χ4n) is 3.28. The minimum absolute atomic E-state index is 0.0130. The van der Waals surface area contributed by atoms with Crippen LogP contribution in [0.2, 0.25) is 0 Å². The summed E-state index contributed by atoms with van der Waals surface area (Å²) in [6.45, 7) is 6.88. The Kier molecular flexibility index (Phi) is 8.84. The van der Waals surface area contributed by atoms with Gasteiger partial charge in [0.2, 0.25) is 5.91 Å². The normalized spacial score (nSPS) is 16.3. The van der Waals surface area contributed by atoms with E-state index in [2.05, 4.69) is 11.4 Å². The lowest BCUT2D eigenvalue weighted by Gasteiger charge is -2.28. The first-order chi connectivity index (χ1) is 13.8. The lowest BCUT2D eigenvalue weighted by Crippen LogP contribution is -2.40. The summed E-state index contributed by atoms with van der Waals surface area (Å²) in [6, 6.07) is 9.85. The molecular formula is C22H31N3O3S. The van der Waals surface area contributed by atoms with Crippen LogP contribution in [-0.4, -0.2) is 47.4 Å². The van der Waals surface area contributed by atoms with Gasteiger partial charge in [0.25, 0.3) is 0 Å². The van der Waals surface area contributed by atoms with E-state index in [1.807, 2.05) is 45.0 Å². The van der Waals surface area contributed by atoms with E-state index >= 15 is 0 Å². The van der Waals surface area contributed by atoms with E-state index in [4.69, 9.17) is 10.00 Å². The number of likely N-dealkylation sites (tertiary alicyclic amines) is 1. The topological polar surface area (TPSA) is 82.4 Å². The van der Waals surface area contributed by atoms with E-state index in [1.165, 1.54) is 0 Å². The van der Waals surface area contributed by atoms with Gasteiger partial charge in [-0.1, -0.05) is 18.2 Å². The maximum atomic E-state index is 12.3. The summed E-state index contributed by atoms with van der Waals surface area (Å²) >= 11 is 1.70. The average Bonchev–Trinajstić information content (AvgIpc) is 3.14. The molecule has 0 aliphatic carbocycles. The van der Waals surface area contributed by atoms with Crippen molar-refractivity contribution in [2.75, 3.05) is 18.8 Å². The van der Waals surface area contributed by atoms with Gasteiger partial charge in [-0.3, -0.25) is 4.79 Å². The first kappa shape index (κ1) is 23.1. The van der Waals surface area contributed by atoms with Crippen molar-refractivity contribution in [1.29, 1.82) is 5.26 Å². The molecular weight excluding hydrogens is 386 g/mol. The van der Waals surface area contributed by atoms with Crippen molar-refractivity contribution < 1.29 is 14.3 Å². The molecule has 1 N–H and O–H groups in total. The predicted molar refractivity (Wildman–Crippen MR) is 116 cm³/mol. The van der Waals surface area contributed by atoms with Crippen molar-refractivity contribution in [1.82, 2.24) is 10.2 Å². The molecule has 29 heavy (non-hydrogen) atoms. The summed E-state index contributed by atoms with van der Waals surface area (Å²) in [6.07, 6.45) is 2.65. The zero-order valence-electron chi connectivity index (χ0n) is 17.6. The second-order valence-corrected chi connectivity index (χ2v) is 9.29. The number of nitrogens with zero attached hydrogens (tertiary/aromatic N) is 2. The number of hydrogen-bond acceptors (Lipinski definition) is 5. The zero-order chi connectivity index (χ0) is 21.3. The Morgan fingerprint density at radius 2 is 2.10 bits per heavy atom. The lowest BCUT2D eigenvalue weighted by molar-refractivity contribution is -0.121. The van der Waals surface area contributed by atoms with Crippen LogP contribution in [0.4, 0.5) is 4.79 Å². The first-order valence-corrected chi connectivity index (χ1v) is 11.3. The molecule has 1 aromatic rings. The Balaban J connectivity index is 1.64. The molecule has 6 nitrogen and oxygen atoms in total. The molecule has 1 saturated heterocycles. The van der Waals surface area contributed by atoms with Crippen LogP contribution in [0.1, 0.15) is 57.6 Å². The number of carbonyl (C=O) groups excluding carboxylic acids is 2. The summed E-state index contributed by atoms with van der Waals surface area (Å²) in [4.78, 5) is 26.2. The van der Waals surface area contributed by atoms with Crippen LogP contribution in [0.3, 0.4) is 0 Å². The van der Waals surface area contributed by atoms with Crippen LogP contribution in [0.5, 0.6) is 0 Å². The molecule has 0 spiro atoms. The number of hydrogen-bond donors (Lipinski definition) is 1. The van der Waals surface area contributed by atoms with Crippen molar-refractivity contribution in [3.05, 3.63) is 35.4 Å². The predicted octanol–water partition coefficient (Wildman–Crippen LogP) is 4.09. The van der Waals surface area contributed by atoms with Gasteiger partial charge in [-0.25, -0.2) is 4.79 Å². The molecule has 1 aliphatic rings. The number of thioether (sulfide) groups is 1.